The lowest BCUT2D eigenvalue weighted by Crippen LogP contribution is -2.44. The summed E-state index contributed by atoms with van der Waals surface area (Å²) >= 11 is 0. The summed E-state index contributed by atoms with van der Waals surface area (Å²) in [5, 5.41) is 9.25. The SMILES string of the molecule is NC(Cc1ccc(C(=O)c2ccccc2)cc1)CN1CCCC1C(=O)O. The number of nitrogens with zero attached hydrogens (tertiary/aromatic N) is 1. The number of carboxylic acids is 1. The van der Waals surface area contributed by atoms with Crippen LogP contribution >= 0.6 is 0 Å². The Hall–Kier alpha value is -2.50. The molecule has 0 aliphatic carbocycles. The molecule has 3 N–H and O–H groups in total. The Morgan fingerprint density at radius 3 is 2.38 bits per heavy atom. The molecule has 1 fully saturated rings. The van der Waals surface area contributed by atoms with E-state index in [4.69, 9.17) is 5.73 Å². The minimum absolute atomic E-state index is 0.00261. The molecule has 2 aromatic carbocycles. The highest BCUT2D eigenvalue weighted by Gasteiger charge is 2.31. The second-order valence-electron chi connectivity index (χ2n) is 6.85. The van der Waals surface area contributed by atoms with E-state index in [9.17, 15) is 14.7 Å². The fraction of sp³-hybridized carbons (Fsp3) is 0.333. The zero-order valence-electron chi connectivity index (χ0n) is 14.7. The molecule has 0 bridgehead atoms. The Morgan fingerprint density at radius 2 is 1.73 bits per heavy atom. The highest BCUT2D eigenvalue weighted by Crippen LogP contribution is 2.18. The Bertz CT molecular complexity index is 759. The van der Waals surface area contributed by atoms with Crippen LogP contribution in [0.25, 0.3) is 0 Å². The van der Waals surface area contributed by atoms with E-state index in [1.807, 2.05) is 47.4 Å². The van der Waals surface area contributed by atoms with Crippen LogP contribution in [0.1, 0.15) is 34.3 Å². The summed E-state index contributed by atoms with van der Waals surface area (Å²) < 4.78 is 0. The maximum atomic E-state index is 12.4. The second-order valence-corrected chi connectivity index (χ2v) is 6.85. The number of likely N-dealkylation sites (tertiary alicyclic amines) is 1. The summed E-state index contributed by atoms with van der Waals surface area (Å²) in [6, 6.07) is 16.2. The van der Waals surface area contributed by atoms with Gasteiger partial charge in [0.2, 0.25) is 0 Å². The normalized spacial score (nSPS) is 18.6. The summed E-state index contributed by atoms with van der Waals surface area (Å²) in [7, 11) is 0. The number of nitrogens with two attached hydrogens (primary N) is 1. The van der Waals surface area contributed by atoms with Crippen molar-refractivity contribution >= 4 is 11.8 Å². The van der Waals surface area contributed by atoms with Crippen LogP contribution in [-0.4, -0.2) is 46.9 Å². The van der Waals surface area contributed by atoms with Crippen molar-refractivity contribution in [2.75, 3.05) is 13.1 Å². The summed E-state index contributed by atoms with van der Waals surface area (Å²) in [6.45, 7) is 1.36. The molecule has 0 spiro atoms. The highest BCUT2D eigenvalue weighted by atomic mass is 16.4. The van der Waals surface area contributed by atoms with Crippen LogP contribution in [0.4, 0.5) is 0 Å². The third kappa shape index (κ3) is 4.36. The molecule has 0 saturated carbocycles. The van der Waals surface area contributed by atoms with E-state index < -0.39 is 12.0 Å². The zero-order chi connectivity index (χ0) is 18.5. The van der Waals surface area contributed by atoms with Crippen LogP contribution in [0.5, 0.6) is 0 Å². The van der Waals surface area contributed by atoms with Crippen molar-refractivity contribution in [3.05, 3.63) is 71.3 Å². The van der Waals surface area contributed by atoms with E-state index in [2.05, 4.69) is 0 Å². The molecule has 2 atom stereocenters. The molecule has 1 heterocycles. The molecule has 2 unspecified atom stereocenters. The van der Waals surface area contributed by atoms with Crippen molar-refractivity contribution in [2.45, 2.75) is 31.3 Å². The number of carboxylic acid groups (broad SMARTS) is 1. The predicted octanol–water partition coefficient (Wildman–Crippen LogP) is 2.34. The van der Waals surface area contributed by atoms with E-state index in [0.29, 0.717) is 30.5 Å². The third-order valence-electron chi connectivity index (χ3n) is 4.87. The van der Waals surface area contributed by atoms with Crippen molar-refractivity contribution in [2.24, 2.45) is 5.73 Å². The largest absolute Gasteiger partial charge is 0.480 e. The number of aliphatic carboxylic acids is 1. The van der Waals surface area contributed by atoms with Gasteiger partial charge in [-0.15, -0.1) is 0 Å². The van der Waals surface area contributed by atoms with Crippen LogP contribution < -0.4 is 5.73 Å². The lowest BCUT2D eigenvalue weighted by molar-refractivity contribution is -0.142. The van der Waals surface area contributed by atoms with Crippen LogP contribution in [0.15, 0.2) is 54.6 Å². The fourth-order valence-corrected chi connectivity index (χ4v) is 3.54. The summed E-state index contributed by atoms with van der Waals surface area (Å²) in [6.07, 6.45) is 2.25. The van der Waals surface area contributed by atoms with Crippen LogP contribution in [0.2, 0.25) is 0 Å². The number of rotatable bonds is 7. The van der Waals surface area contributed by atoms with Gasteiger partial charge in [0.05, 0.1) is 0 Å². The van der Waals surface area contributed by atoms with Gasteiger partial charge in [-0.2, -0.15) is 0 Å². The van der Waals surface area contributed by atoms with E-state index >= 15 is 0 Å². The smallest absolute Gasteiger partial charge is 0.320 e. The van der Waals surface area contributed by atoms with Crippen LogP contribution in [0.3, 0.4) is 0 Å². The molecule has 2 aromatic rings. The van der Waals surface area contributed by atoms with Crippen molar-refractivity contribution in [3.8, 4) is 0 Å². The third-order valence-corrected chi connectivity index (χ3v) is 4.87. The van der Waals surface area contributed by atoms with Crippen molar-refractivity contribution < 1.29 is 14.7 Å². The Labute approximate surface area is 153 Å². The number of ketones is 1. The topological polar surface area (TPSA) is 83.6 Å². The standard InChI is InChI=1S/C21H24N2O3/c22-18(14-23-12-4-7-19(23)21(25)26)13-15-8-10-17(11-9-15)20(24)16-5-2-1-3-6-16/h1-3,5-6,8-11,18-19H,4,7,12-14,22H2,(H,25,26). The molecule has 1 saturated heterocycles. The molecule has 136 valence electrons. The number of carbonyl (C=O) groups excluding carboxylic acids is 1. The first-order valence-electron chi connectivity index (χ1n) is 8.95. The number of hydrogen-bond acceptors (Lipinski definition) is 4. The van der Waals surface area contributed by atoms with Gasteiger partial charge in [0.25, 0.3) is 0 Å². The van der Waals surface area contributed by atoms with Gasteiger partial charge in [-0.25, -0.2) is 0 Å². The Kier molecular flexibility index (Phi) is 5.81. The summed E-state index contributed by atoms with van der Waals surface area (Å²) in [5.41, 5.74) is 8.61. The maximum absolute atomic E-state index is 12.4. The molecular formula is C21H24N2O3. The van der Waals surface area contributed by atoms with E-state index in [0.717, 1.165) is 18.5 Å². The average molecular weight is 352 g/mol. The first-order valence-corrected chi connectivity index (χ1v) is 8.95. The van der Waals surface area contributed by atoms with Gasteiger partial charge < -0.3 is 10.8 Å². The minimum Gasteiger partial charge on any atom is -0.480 e. The van der Waals surface area contributed by atoms with E-state index in [1.54, 1.807) is 12.1 Å². The van der Waals surface area contributed by atoms with Gasteiger partial charge in [0.1, 0.15) is 6.04 Å². The highest BCUT2D eigenvalue weighted by molar-refractivity contribution is 6.08. The van der Waals surface area contributed by atoms with E-state index in [-0.39, 0.29) is 11.8 Å². The number of benzene rings is 2. The summed E-state index contributed by atoms with van der Waals surface area (Å²) in [5.74, 6) is -0.763. The lowest BCUT2D eigenvalue weighted by Gasteiger charge is -2.24. The molecule has 3 rings (SSSR count). The average Bonchev–Trinajstić information content (AvgIpc) is 3.11. The van der Waals surface area contributed by atoms with Gasteiger partial charge in [-0.05, 0) is 31.4 Å². The van der Waals surface area contributed by atoms with Gasteiger partial charge in [0.15, 0.2) is 5.78 Å². The quantitative estimate of drug-likeness (QED) is 0.747. The van der Waals surface area contributed by atoms with Crippen LogP contribution in [0, 0.1) is 0 Å². The Balaban J connectivity index is 1.59. The molecule has 0 radical (unpaired) electrons. The maximum Gasteiger partial charge on any atom is 0.320 e. The van der Waals surface area contributed by atoms with Gasteiger partial charge in [-0.1, -0.05) is 54.6 Å². The predicted molar refractivity (Wildman–Crippen MR) is 100 cm³/mol. The van der Waals surface area contributed by atoms with Gasteiger partial charge >= 0.3 is 5.97 Å². The van der Waals surface area contributed by atoms with E-state index in [1.165, 1.54) is 0 Å². The molecule has 0 aromatic heterocycles. The molecule has 26 heavy (non-hydrogen) atoms. The second kappa shape index (κ2) is 8.25. The molecule has 1 aliphatic rings. The molecule has 5 heteroatoms. The van der Waals surface area contributed by atoms with Crippen molar-refractivity contribution in [3.63, 3.8) is 0 Å². The lowest BCUT2D eigenvalue weighted by atomic mass is 9.99. The molecule has 1 aliphatic heterocycles. The van der Waals surface area contributed by atoms with Gasteiger partial charge in [-0.3, -0.25) is 14.5 Å². The first kappa shape index (κ1) is 18.3. The monoisotopic (exact) mass is 352 g/mol. The van der Waals surface area contributed by atoms with Crippen molar-refractivity contribution in [1.29, 1.82) is 0 Å². The first-order chi connectivity index (χ1) is 12.5. The number of hydrogen-bond donors (Lipinski definition) is 2. The van der Waals surface area contributed by atoms with Crippen LogP contribution in [-0.2, 0) is 11.2 Å². The van der Waals surface area contributed by atoms with Gasteiger partial charge in [0, 0.05) is 23.7 Å². The zero-order valence-corrected chi connectivity index (χ0v) is 14.7. The number of carbonyl (C=O) groups is 2. The fourth-order valence-electron chi connectivity index (χ4n) is 3.54. The molecule has 0 amide bonds. The summed E-state index contributed by atoms with van der Waals surface area (Å²) in [4.78, 5) is 25.6. The minimum atomic E-state index is -0.765. The molecule has 5 nitrogen and oxygen atoms in total. The van der Waals surface area contributed by atoms with Crippen molar-refractivity contribution in [1.82, 2.24) is 4.90 Å². The molecular weight excluding hydrogens is 328 g/mol. The Morgan fingerprint density at radius 1 is 1.08 bits per heavy atom.